The van der Waals surface area contributed by atoms with Crippen LogP contribution in [0.5, 0.6) is 5.75 Å². The predicted octanol–water partition coefficient (Wildman–Crippen LogP) is 0.594. The number of rotatable bonds is 8. The molecule has 1 aromatic rings. The van der Waals surface area contributed by atoms with Crippen molar-refractivity contribution in [3.05, 3.63) is 29.8 Å². The number of hydrogen-bond acceptors (Lipinski definition) is 5. The molecule has 0 bridgehead atoms. The maximum absolute atomic E-state index is 12.0. The van der Waals surface area contributed by atoms with Gasteiger partial charge in [0, 0.05) is 13.3 Å². The second kappa shape index (κ2) is 8.14. The Labute approximate surface area is 132 Å². The summed E-state index contributed by atoms with van der Waals surface area (Å²) in [7, 11) is -1.48. The van der Waals surface area contributed by atoms with Crippen molar-refractivity contribution >= 4 is 15.7 Å². The van der Waals surface area contributed by atoms with Crippen LogP contribution in [0.4, 0.5) is 0 Å². The first-order valence-electron chi connectivity index (χ1n) is 7.07. The number of nitrogens with zero attached hydrogens (tertiary/aromatic N) is 1. The molecular formula is C15H24N2O4S. The third kappa shape index (κ3) is 6.44. The number of sulfone groups is 1. The molecule has 0 saturated heterocycles. The molecule has 0 radical (unpaired) electrons. The van der Waals surface area contributed by atoms with Crippen molar-refractivity contribution in [2.24, 2.45) is 5.73 Å². The molecule has 7 heteroatoms. The standard InChI is InChI=1S/C15H24N2O4S/c1-12-6-4-5-7-14(12)21-10-9-17(2)15(18)13(16)8-11-22(3,19)20/h4-7,13H,8-11,16H2,1-3H3. The van der Waals surface area contributed by atoms with Gasteiger partial charge >= 0.3 is 0 Å². The van der Waals surface area contributed by atoms with Gasteiger partial charge in [-0.05, 0) is 25.0 Å². The molecule has 124 valence electrons. The number of ether oxygens (including phenoxy) is 1. The molecule has 0 aliphatic rings. The summed E-state index contributed by atoms with van der Waals surface area (Å²) in [6.07, 6.45) is 1.25. The number of likely N-dealkylation sites (N-methyl/N-ethyl adjacent to an activating group) is 1. The number of amides is 1. The van der Waals surface area contributed by atoms with Gasteiger partial charge in [-0.15, -0.1) is 0 Å². The van der Waals surface area contributed by atoms with Crippen molar-refractivity contribution in [2.45, 2.75) is 19.4 Å². The fourth-order valence-corrected chi connectivity index (χ4v) is 2.55. The quantitative estimate of drug-likeness (QED) is 0.754. The van der Waals surface area contributed by atoms with E-state index in [1.165, 1.54) is 4.90 Å². The lowest BCUT2D eigenvalue weighted by Crippen LogP contribution is -2.44. The van der Waals surface area contributed by atoms with E-state index < -0.39 is 15.9 Å². The van der Waals surface area contributed by atoms with Gasteiger partial charge < -0.3 is 15.4 Å². The van der Waals surface area contributed by atoms with Crippen molar-refractivity contribution in [3.63, 3.8) is 0 Å². The number of benzene rings is 1. The molecular weight excluding hydrogens is 304 g/mol. The Morgan fingerprint density at radius 1 is 1.36 bits per heavy atom. The smallest absolute Gasteiger partial charge is 0.239 e. The highest BCUT2D eigenvalue weighted by Gasteiger charge is 2.19. The van der Waals surface area contributed by atoms with E-state index in [0.29, 0.717) is 13.2 Å². The molecule has 1 atom stereocenters. The first-order valence-corrected chi connectivity index (χ1v) is 9.13. The van der Waals surface area contributed by atoms with Crippen LogP contribution in [0.25, 0.3) is 0 Å². The average Bonchev–Trinajstić information content (AvgIpc) is 2.45. The van der Waals surface area contributed by atoms with E-state index in [0.717, 1.165) is 17.6 Å². The SMILES string of the molecule is Cc1ccccc1OCCN(C)C(=O)C(N)CCS(C)(=O)=O. The molecule has 22 heavy (non-hydrogen) atoms. The summed E-state index contributed by atoms with van der Waals surface area (Å²) in [5, 5.41) is 0. The average molecular weight is 328 g/mol. The van der Waals surface area contributed by atoms with Crippen LogP contribution in [0.3, 0.4) is 0 Å². The van der Waals surface area contributed by atoms with E-state index >= 15 is 0 Å². The molecule has 0 saturated carbocycles. The highest BCUT2D eigenvalue weighted by atomic mass is 32.2. The summed E-state index contributed by atoms with van der Waals surface area (Å²) < 4.78 is 27.8. The summed E-state index contributed by atoms with van der Waals surface area (Å²) >= 11 is 0. The molecule has 0 aromatic heterocycles. The minimum Gasteiger partial charge on any atom is -0.491 e. The predicted molar refractivity (Wildman–Crippen MR) is 86.6 cm³/mol. The molecule has 1 unspecified atom stereocenters. The lowest BCUT2D eigenvalue weighted by atomic mass is 10.2. The summed E-state index contributed by atoms with van der Waals surface area (Å²) in [4.78, 5) is 13.5. The lowest BCUT2D eigenvalue weighted by molar-refractivity contribution is -0.131. The Morgan fingerprint density at radius 3 is 2.59 bits per heavy atom. The van der Waals surface area contributed by atoms with Gasteiger partial charge in [-0.25, -0.2) is 8.42 Å². The number of carbonyl (C=O) groups is 1. The van der Waals surface area contributed by atoms with E-state index in [-0.39, 0.29) is 18.1 Å². The largest absolute Gasteiger partial charge is 0.491 e. The van der Waals surface area contributed by atoms with Crippen LogP contribution in [0.15, 0.2) is 24.3 Å². The molecule has 0 spiro atoms. The van der Waals surface area contributed by atoms with Gasteiger partial charge in [0.15, 0.2) is 0 Å². The normalized spacial score (nSPS) is 12.7. The van der Waals surface area contributed by atoms with Crippen molar-refractivity contribution in [2.75, 3.05) is 32.2 Å². The van der Waals surface area contributed by atoms with Gasteiger partial charge in [0.2, 0.25) is 5.91 Å². The molecule has 6 nitrogen and oxygen atoms in total. The summed E-state index contributed by atoms with van der Waals surface area (Å²) in [6.45, 7) is 2.69. The van der Waals surface area contributed by atoms with Crippen LogP contribution in [0.1, 0.15) is 12.0 Å². The number of para-hydroxylation sites is 1. The summed E-state index contributed by atoms with van der Waals surface area (Å²) in [6, 6.07) is 6.83. The topological polar surface area (TPSA) is 89.7 Å². The first kappa shape index (κ1) is 18.4. The molecule has 0 aliphatic heterocycles. The van der Waals surface area contributed by atoms with Crippen LogP contribution < -0.4 is 10.5 Å². The van der Waals surface area contributed by atoms with Crippen LogP contribution in [-0.2, 0) is 14.6 Å². The highest BCUT2D eigenvalue weighted by molar-refractivity contribution is 7.90. The monoisotopic (exact) mass is 328 g/mol. The van der Waals surface area contributed by atoms with Crippen molar-refractivity contribution in [3.8, 4) is 5.75 Å². The van der Waals surface area contributed by atoms with E-state index in [1.807, 2.05) is 31.2 Å². The second-order valence-electron chi connectivity index (χ2n) is 5.40. The Kier molecular flexibility index (Phi) is 6.83. The second-order valence-corrected chi connectivity index (χ2v) is 7.66. The molecule has 1 amide bonds. The maximum atomic E-state index is 12.0. The van der Waals surface area contributed by atoms with Crippen molar-refractivity contribution in [1.82, 2.24) is 4.90 Å². The van der Waals surface area contributed by atoms with Gasteiger partial charge in [0.25, 0.3) is 0 Å². The Morgan fingerprint density at radius 2 is 2.00 bits per heavy atom. The molecule has 0 fully saturated rings. The first-order chi connectivity index (χ1) is 10.2. The molecule has 0 aliphatic carbocycles. The number of hydrogen-bond donors (Lipinski definition) is 1. The van der Waals surface area contributed by atoms with E-state index in [9.17, 15) is 13.2 Å². The Hall–Kier alpha value is -1.60. The van der Waals surface area contributed by atoms with Crippen molar-refractivity contribution in [1.29, 1.82) is 0 Å². The van der Waals surface area contributed by atoms with E-state index in [2.05, 4.69) is 0 Å². The van der Waals surface area contributed by atoms with Gasteiger partial charge in [-0.1, -0.05) is 18.2 Å². The number of carbonyl (C=O) groups excluding carboxylic acids is 1. The number of nitrogens with two attached hydrogens (primary N) is 1. The van der Waals surface area contributed by atoms with E-state index in [1.54, 1.807) is 7.05 Å². The van der Waals surface area contributed by atoms with Gasteiger partial charge in [0.1, 0.15) is 22.2 Å². The van der Waals surface area contributed by atoms with Gasteiger partial charge in [-0.2, -0.15) is 0 Å². The van der Waals surface area contributed by atoms with Crippen molar-refractivity contribution < 1.29 is 17.9 Å². The lowest BCUT2D eigenvalue weighted by Gasteiger charge is -2.21. The zero-order valence-corrected chi connectivity index (χ0v) is 14.1. The van der Waals surface area contributed by atoms with E-state index in [4.69, 9.17) is 10.5 Å². The Balaban J connectivity index is 2.39. The van der Waals surface area contributed by atoms with Gasteiger partial charge in [0.05, 0.1) is 18.3 Å². The zero-order valence-electron chi connectivity index (χ0n) is 13.3. The Bertz CT molecular complexity index is 601. The van der Waals surface area contributed by atoms with Crippen LogP contribution in [0, 0.1) is 6.92 Å². The maximum Gasteiger partial charge on any atom is 0.239 e. The highest BCUT2D eigenvalue weighted by Crippen LogP contribution is 2.15. The molecule has 2 N–H and O–H groups in total. The van der Waals surface area contributed by atoms with Crippen LogP contribution >= 0.6 is 0 Å². The van der Waals surface area contributed by atoms with Crippen LogP contribution in [0.2, 0.25) is 0 Å². The number of aryl methyl sites for hydroxylation is 1. The minimum atomic E-state index is -3.11. The van der Waals surface area contributed by atoms with Crippen LogP contribution in [-0.4, -0.2) is 57.5 Å². The third-order valence-corrected chi connectivity index (χ3v) is 4.25. The zero-order chi connectivity index (χ0) is 16.8. The minimum absolute atomic E-state index is 0.0898. The fraction of sp³-hybridized carbons (Fsp3) is 0.533. The molecule has 1 rings (SSSR count). The summed E-state index contributed by atoms with van der Waals surface area (Å²) in [5.41, 5.74) is 6.76. The molecule has 1 aromatic carbocycles. The fourth-order valence-electron chi connectivity index (χ4n) is 1.87. The third-order valence-electron chi connectivity index (χ3n) is 3.27. The van der Waals surface area contributed by atoms with Gasteiger partial charge in [-0.3, -0.25) is 4.79 Å². The summed E-state index contributed by atoms with van der Waals surface area (Å²) in [5.74, 6) is 0.412. The molecule has 0 heterocycles.